The van der Waals surface area contributed by atoms with Gasteiger partial charge in [0.25, 0.3) is 0 Å². The number of nitrogens with zero attached hydrogens (tertiary/aromatic N) is 1. The molecule has 1 aliphatic heterocycles. The molecule has 1 saturated heterocycles. The second kappa shape index (κ2) is 8.33. The van der Waals surface area contributed by atoms with Crippen LogP contribution in [-0.2, 0) is 9.59 Å². The van der Waals surface area contributed by atoms with Gasteiger partial charge in [-0.1, -0.05) is 36.8 Å². The molecule has 3 rings (SSSR count). The highest BCUT2D eigenvalue weighted by Gasteiger charge is 2.19. The summed E-state index contributed by atoms with van der Waals surface area (Å²) in [5.41, 5.74) is 0.596. The van der Waals surface area contributed by atoms with Gasteiger partial charge in [0.1, 0.15) is 5.75 Å². The smallest absolute Gasteiger partial charge is 0.244 e. The molecule has 2 amide bonds. The van der Waals surface area contributed by atoms with Gasteiger partial charge in [-0.3, -0.25) is 9.59 Å². The summed E-state index contributed by atoms with van der Waals surface area (Å²) in [4.78, 5) is 26.1. The van der Waals surface area contributed by atoms with Crippen molar-refractivity contribution < 1.29 is 14.3 Å². The molecular formula is C20H22N2O3. The van der Waals surface area contributed by atoms with Crippen molar-refractivity contribution in [2.75, 3.05) is 18.4 Å². The van der Waals surface area contributed by atoms with Gasteiger partial charge >= 0.3 is 0 Å². The first kappa shape index (κ1) is 17.0. The Hall–Kier alpha value is -2.82. The van der Waals surface area contributed by atoms with Crippen LogP contribution in [0.4, 0.5) is 5.69 Å². The molecule has 0 spiro atoms. The number of carbonyl (C=O) groups is 2. The van der Waals surface area contributed by atoms with Gasteiger partial charge in [-0.05, 0) is 37.1 Å². The van der Waals surface area contributed by atoms with E-state index in [0.717, 1.165) is 19.3 Å². The van der Waals surface area contributed by atoms with Gasteiger partial charge in [-0.2, -0.15) is 0 Å². The molecule has 2 aromatic rings. The molecule has 1 aliphatic rings. The Morgan fingerprint density at radius 2 is 1.76 bits per heavy atom. The number of ether oxygens (including phenoxy) is 1. The van der Waals surface area contributed by atoms with Crippen LogP contribution in [0.5, 0.6) is 11.5 Å². The lowest BCUT2D eigenvalue weighted by Gasteiger charge is -2.20. The van der Waals surface area contributed by atoms with Crippen molar-refractivity contribution in [3.05, 3.63) is 54.6 Å². The van der Waals surface area contributed by atoms with Crippen LogP contribution in [0.25, 0.3) is 0 Å². The van der Waals surface area contributed by atoms with Gasteiger partial charge in [0.15, 0.2) is 5.75 Å². The Labute approximate surface area is 147 Å². The van der Waals surface area contributed by atoms with E-state index >= 15 is 0 Å². The summed E-state index contributed by atoms with van der Waals surface area (Å²) in [6, 6.07) is 16.7. The lowest BCUT2D eigenvalue weighted by atomic mass is 10.2. The Kier molecular flexibility index (Phi) is 5.67. The summed E-state index contributed by atoms with van der Waals surface area (Å²) < 4.78 is 5.85. The maximum absolute atomic E-state index is 12.4. The van der Waals surface area contributed by atoms with Crippen LogP contribution < -0.4 is 10.1 Å². The SMILES string of the molecule is O=C(CN1CCCCCC1=O)Nc1ccccc1Oc1ccccc1. The van der Waals surface area contributed by atoms with Crippen molar-refractivity contribution in [2.45, 2.75) is 25.7 Å². The van der Waals surface area contributed by atoms with Crippen LogP contribution in [0.1, 0.15) is 25.7 Å². The molecule has 0 aromatic heterocycles. The second-order valence-corrected chi connectivity index (χ2v) is 6.09. The minimum atomic E-state index is -0.209. The van der Waals surface area contributed by atoms with E-state index in [-0.39, 0.29) is 18.4 Å². The Morgan fingerprint density at radius 1 is 1.00 bits per heavy atom. The van der Waals surface area contributed by atoms with Crippen molar-refractivity contribution in [1.82, 2.24) is 4.90 Å². The fourth-order valence-corrected chi connectivity index (χ4v) is 2.84. The normalized spacial score (nSPS) is 14.7. The van der Waals surface area contributed by atoms with Crippen LogP contribution in [0.2, 0.25) is 0 Å². The van der Waals surface area contributed by atoms with E-state index in [4.69, 9.17) is 4.74 Å². The van der Waals surface area contributed by atoms with Crippen molar-refractivity contribution in [3.8, 4) is 11.5 Å². The van der Waals surface area contributed by atoms with Crippen LogP contribution in [0.15, 0.2) is 54.6 Å². The number of rotatable bonds is 5. The van der Waals surface area contributed by atoms with E-state index in [1.165, 1.54) is 0 Å². The number of hydrogen-bond donors (Lipinski definition) is 1. The van der Waals surface area contributed by atoms with E-state index in [1.54, 1.807) is 17.0 Å². The van der Waals surface area contributed by atoms with Gasteiger partial charge in [0.2, 0.25) is 11.8 Å². The van der Waals surface area contributed by atoms with Gasteiger partial charge < -0.3 is 15.0 Å². The molecule has 5 nitrogen and oxygen atoms in total. The summed E-state index contributed by atoms with van der Waals surface area (Å²) >= 11 is 0. The van der Waals surface area contributed by atoms with Crippen LogP contribution in [0, 0.1) is 0 Å². The van der Waals surface area contributed by atoms with Crippen molar-refractivity contribution >= 4 is 17.5 Å². The maximum Gasteiger partial charge on any atom is 0.244 e. The zero-order valence-electron chi connectivity index (χ0n) is 14.1. The van der Waals surface area contributed by atoms with Gasteiger partial charge in [0, 0.05) is 13.0 Å². The molecule has 0 atom stereocenters. The third-order valence-electron chi connectivity index (χ3n) is 4.14. The summed E-state index contributed by atoms with van der Waals surface area (Å²) in [5, 5.41) is 2.86. The monoisotopic (exact) mass is 338 g/mol. The minimum Gasteiger partial charge on any atom is -0.455 e. The van der Waals surface area contributed by atoms with E-state index in [9.17, 15) is 9.59 Å². The first-order valence-corrected chi connectivity index (χ1v) is 8.62. The third kappa shape index (κ3) is 4.83. The molecule has 0 aliphatic carbocycles. The van der Waals surface area contributed by atoms with E-state index in [0.29, 0.717) is 30.2 Å². The minimum absolute atomic E-state index is 0.0569. The van der Waals surface area contributed by atoms with Crippen molar-refractivity contribution in [3.63, 3.8) is 0 Å². The zero-order valence-corrected chi connectivity index (χ0v) is 14.1. The molecule has 0 bridgehead atoms. The molecular weight excluding hydrogens is 316 g/mol. The number of nitrogens with one attached hydrogen (secondary N) is 1. The lowest BCUT2D eigenvalue weighted by Crippen LogP contribution is -2.37. The van der Waals surface area contributed by atoms with Crippen LogP contribution in [-0.4, -0.2) is 29.8 Å². The molecule has 1 heterocycles. The summed E-state index contributed by atoms with van der Waals surface area (Å²) in [7, 11) is 0. The van der Waals surface area contributed by atoms with E-state index < -0.39 is 0 Å². The first-order chi connectivity index (χ1) is 12.2. The fourth-order valence-electron chi connectivity index (χ4n) is 2.84. The highest BCUT2D eigenvalue weighted by atomic mass is 16.5. The fraction of sp³-hybridized carbons (Fsp3) is 0.300. The summed E-state index contributed by atoms with van der Waals surface area (Å²) in [5.74, 6) is 1.12. The molecule has 2 aromatic carbocycles. The molecule has 25 heavy (non-hydrogen) atoms. The number of benzene rings is 2. The molecule has 0 saturated carbocycles. The first-order valence-electron chi connectivity index (χ1n) is 8.62. The van der Waals surface area contributed by atoms with Crippen LogP contribution >= 0.6 is 0 Å². The number of anilines is 1. The highest BCUT2D eigenvalue weighted by molar-refractivity contribution is 5.95. The number of carbonyl (C=O) groups excluding carboxylic acids is 2. The van der Waals surface area contributed by atoms with Crippen molar-refractivity contribution in [2.24, 2.45) is 0 Å². The Morgan fingerprint density at radius 3 is 2.60 bits per heavy atom. The highest BCUT2D eigenvalue weighted by Crippen LogP contribution is 2.29. The van der Waals surface area contributed by atoms with Crippen LogP contribution in [0.3, 0.4) is 0 Å². The van der Waals surface area contributed by atoms with Gasteiger partial charge in [0.05, 0.1) is 12.2 Å². The largest absolute Gasteiger partial charge is 0.455 e. The summed E-state index contributed by atoms with van der Waals surface area (Å²) in [6.45, 7) is 0.729. The van der Waals surface area contributed by atoms with E-state index in [1.807, 2.05) is 42.5 Å². The van der Waals surface area contributed by atoms with Gasteiger partial charge in [-0.25, -0.2) is 0 Å². The molecule has 130 valence electrons. The number of likely N-dealkylation sites (tertiary alicyclic amines) is 1. The lowest BCUT2D eigenvalue weighted by molar-refractivity contribution is -0.134. The molecule has 5 heteroatoms. The quantitative estimate of drug-likeness (QED) is 0.901. The maximum atomic E-state index is 12.4. The molecule has 0 unspecified atom stereocenters. The molecule has 0 radical (unpaired) electrons. The van der Waals surface area contributed by atoms with E-state index in [2.05, 4.69) is 5.32 Å². The number of para-hydroxylation sites is 3. The standard InChI is InChI=1S/C20H22N2O3/c23-19(15-22-14-8-2-5-13-20(22)24)21-17-11-6-7-12-18(17)25-16-9-3-1-4-10-16/h1,3-4,6-7,9-12H,2,5,8,13-15H2,(H,21,23). The zero-order chi connectivity index (χ0) is 17.5. The topological polar surface area (TPSA) is 58.6 Å². The average molecular weight is 338 g/mol. The summed E-state index contributed by atoms with van der Waals surface area (Å²) in [6.07, 6.45) is 3.43. The average Bonchev–Trinajstić information content (AvgIpc) is 2.82. The second-order valence-electron chi connectivity index (χ2n) is 6.09. The van der Waals surface area contributed by atoms with Crippen molar-refractivity contribution in [1.29, 1.82) is 0 Å². The van der Waals surface area contributed by atoms with Gasteiger partial charge in [-0.15, -0.1) is 0 Å². The predicted molar refractivity (Wildman–Crippen MR) is 96.6 cm³/mol. The predicted octanol–water partition coefficient (Wildman–Crippen LogP) is 3.82. The Balaban J connectivity index is 1.66. The molecule has 1 N–H and O–H groups in total. The Bertz CT molecular complexity index is 731. The molecule has 1 fully saturated rings. The number of amides is 2. The third-order valence-corrected chi connectivity index (χ3v) is 4.14. The number of hydrogen-bond acceptors (Lipinski definition) is 3.